The Hall–Kier alpha value is -3.88. The highest BCUT2D eigenvalue weighted by molar-refractivity contribution is 7.97. The Bertz CT molecular complexity index is 1720. The minimum atomic E-state index is -5.96. The number of nitrogens with zero attached hydrogens (tertiary/aromatic N) is 4. The molecule has 5 aromatic rings. The maximum absolute atomic E-state index is 13.3. The Labute approximate surface area is 240 Å². The first-order valence-electron chi connectivity index (χ1n) is 12.7. The number of anilines is 2. The van der Waals surface area contributed by atoms with Crippen molar-refractivity contribution in [2.24, 2.45) is 0 Å². The molecule has 0 spiro atoms. The van der Waals surface area contributed by atoms with E-state index in [0.717, 1.165) is 27.9 Å². The van der Waals surface area contributed by atoms with E-state index in [9.17, 15) is 31.4 Å². The van der Waals surface area contributed by atoms with Gasteiger partial charge in [0.2, 0.25) is 0 Å². The van der Waals surface area contributed by atoms with Gasteiger partial charge in [0.25, 0.3) is 5.60 Å². The molecule has 7 nitrogen and oxygen atoms in total. The summed E-state index contributed by atoms with van der Waals surface area (Å²) >= 11 is 1.52. The van der Waals surface area contributed by atoms with Crippen molar-refractivity contribution in [1.82, 2.24) is 24.5 Å². The fraction of sp³-hybridized carbons (Fsp3) is 0.250. The second-order valence-corrected chi connectivity index (χ2v) is 10.5. The lowest BCUT2D eigenvalue weighted by Crippen LogP contribution is -2.59. The molecule has 0 saturated heterocycles. The molecule has 0 fully saturated rings. The highest BCUT2D eigenvalue weighted by Gasteiger charge is 2.70. The Balaban J connectivity index is 1.50. The lowest BCUT2D eigenvalue weighted by atomic mass is 9.98. The minimum absolute atomic E-state index is 0.00295. The van der Waals surface area contributed by atoms with Crippen LogP contribution in [0.15, 0.2) is 72.0 Å². The first kappa shape index (κ1) is 29.6. The van der Waals surface area contributed by atoms with Crippen LogP contribution in [0.25, 0.3) is 32.9 Å². The van der Waals surface area contributed by atoms with E-state index in [0.29, 0.717) is 32.7 Å². The van der Waals surface area contributed by atoms with Gasteiger partial charge in [-0.15, -0.1) is 0 Å². The number of nitrogens with one attached hydrogen (secondary N) is 2. The zero-order chi connectivity index (χ0) is 30.3. The molecule has 42 heavy (non-hydrogen) atoms. The van der Waals surface area contributed by atoms with Gasteiger partial charge in [-0.1, -0.05) is 13.0 Å². The average Bonchev–Trinajstić information content (AvgIpc) is 3.34. The van der Waals surface area contributed by atoms with Crippen molar-refractivity contribution >= 4 is 45.1 Å². The number of hydrogen-bond donors (Lipinski definition) is 3. The number of fused-ring (bicyclic) bond motifs is 2. The molecule has 3 aromatic heterocycles. The van der Waals surface area contributed by atoms with E-state index in [4.69, 9.17) is 0 Å². The van der Waals surface area contributed by atoms with Gasteiger partial charge < -0.3 is 10.4 Å². The zero-order valence-electron chi connectivity index (χ0n) is 22.2. The topological polar surface area (TPSA) is 87.9 Å². The molecule has 0 bridgehead atoms. The van der Waals surface area contributed by atoms with Crippen molar-refractivity contribution in [1.29, 1.82) is 0 Å². The van der Waals surface area contributed by atoms with Gasteiger partial charge >= 0.3 is 12.4 Å². The van der Waals surface area contributed by atoms with E-state index in [1.165, 1.54) is 24.2 Å². The van der Waals surface area contributed by atoms with Crippen LogP contribution in [-0.4, -0.2) is 49.4 Å². The third-order valence-electron chi connectivity index (χ3n) is 6.78. The number of halogens is 6. The summed E-state index contributed by atoms with van der Waals surface area (Å²) in [5.74, 6) is 0.550. The van der Waals surface area contributed by atoms with Gasteiger partial charge in [-0.05, 0) is 66.9 Å². The standard InChI is InChI=1S/C28H24F6N6OS/c1-3-38-42-19-6-4-18(5-7-19)39-24-12-21-17(13-36-24)10-11-35-25(21)20-8-9-23-22(16(20)2)14-37-40(23)15-26(41,27(29,30)31)28(32,33)34/h4-14,38,41H,3,15H2,1-2H3,(H,36,39). The summed E-state index contributed by atoms with van der Waals surface area (Å²) in [5, 5.41) is 18.5. The quantitative estimate of drug-likeness (QED) is 0.128. The SMILES string of the molecule is CCNSc1ccc(Nc2cc3c(-c4ccc5c(cnn5CC(O)(C(F)(F)F)C(F)(F)F)c4C)nccc3cn2)cc1. The van der Waals surface area contributed by atoms with Crippen LogP contribution < -0.4 is 10.0 Å². The molecule has 0 aliphatic carbocycles. The number of aliphatic hydroxyl groups is 1. The van der Waals surface area contributed by atoms with Gasteiger partial charge in [0.05, 0.1) is 24.0 Å². The average molecular weight is 607 g/mol. The van der Waals surface area contributed by atoms with E-state index in [1.807, 2.05) is 37.3 Å². The zero-order valence-corrected chi connectivity index (χ0v) is 23.0. The number of aromatic nitrogens is 4. The molecular formula is C28H24F6N6OS. The molecule has 2 aromatic carbocycles. The number of hydrogen-bond acceptors (Lipinski definition) is 7. The van der Waals surface area contributed by atoms with Gasteiger partial charge in [0, 0.05) is 51.2 Å². The molecule has 0 aliphatic rings. The largest absolute Gasteiger partial charge is 0.428 e. The highest BCUT2D eigenvalue weighted by Crippen LogP contribution is 2.44. The molecule has 3 N–H and O–H groups in total. The van der Waals surface area contributed by atoms with E-state index in [2.05, 4.69) is 25.1 Å². The third kappa shape index (κ3) is 5.49. The highest BCUT2D eigenvalue weighted by atomic mass is 32.2. The summed E-state index contributed by atoms with van der Waals surface area (Å²) in [6.45, 7) is 2.68. The first-order valence-corrected chi connectivity index (χ1v) is 13.5. The predicted molar refractivity (Wildman–Crippen MR) is 149 cm³/mol. The van der Waals surface area contributed by atoms with Crippen molar-refractivity contribution in [3.63, 3.8) is 0 Å². The second kappa shape index (κ2) is 11.1. The van der Waals surface area contributed by atoms with Gasteiger partial charge in [0.15, 0.2) is 0 Å². The van der Waals surface area contributed by atoms with Gasteiger partial charge in [-0.3, -0.25) is 14.4 Å². The summed E-state index contributed by atoms with van der Waals surface area (Å²) < 4.78 is 83.5. The van der Waals surface area contributed by atoms with Crippen molar-refractivity contribution < 1.29 is 31.4 Å². The maximum atomic E-state index is 13.3. The van der Waals surface area contributed by atoms with E-state index >= 15 is 0 Å². The van der Waals surface area contributed by atoms with Crippen LogP contribution in [0.4, 0.5) is 37.8 Å². The lowest BCUT2D eigenvalue weighted by Gasteiger charge is -2.32. The monoisotopic (exact) mass is 606 g/mol. The fourth-order valence-electron chi connectivity index (χ4n) is 4.49. The van der Waals surface area contributed by atoms with Crippen LogP contribution in [0, 0.1) is 6.92 Å². The predicted octanol–water partition coefficient (Wildman–Crippen LogP) is 7.17. The Morgan fingerprint density at radius 1 is 0.905 bits per heavy atom. The molecule has 14 heteroatoms. The number of rotatable bonds is 8. The Morgan fingerprint density at radius 2 is 1.62 bits per heavy atom. The lowest BCUT2D eigenvalue weighted by molar-refractivity contribution is -0.372. The molecule has 0 unspecified atom stereocenters. The summed E-state index contributed by atoms with van der Waals surface area (Å²) in [7, 11) is 0. The van der Waals surface area contributed by atoms with E-state index in [1.54, 1.807) is 31.5 Å². The molecular weight excluding hydrogens is 582 g/mol. The smallest absolute Gasteiger partial charge is 0.372 e. The molecule has 0 amide bonds. The van der Waals surface area contributed by atoms with Crippen LogP contribution in [-0.2, 0) is 6.54 Å². The minimum Gasteiger partial charge on any atom is -0.372 e. The Kier molecular flexibility index (Phi) is 7.81. The van der Waals surface area contributed by atoms with Crippen molar-refractivity contribution in [3.8, 4) is 11.3 Å². The van der Waals surface area contributed by atoms with Crippen molar-refractivity contribution in [3.05, 3.63) is 72.7 Å². The molecule has 0 radical (unpaired) electrons. The van der Waals surface area contributed by atoms with Gasteiger partial charge in [-0.25, -0.2) is 4.98 Å². The van der Waals surface area contributed by atoms with Crippen LogP contribution in [0.5, 0.6) is 0 Å². The van der Waals surface area contributed by atoms with E-state index < -0.39 is 24.5 Å². The maximum Gasteiger partial charge on any atom is 0.428 e. The second-order valence-electron chi connectivity index (χ2n) is 9.53. The first-order chi connectivity index (χ1) is 19.8. The molecule has 0 aliphatic heterocycles. The van der Waals surface area contributed by atoms with Crippen LogP contribution in [0.2, 0.25) is 0 Å². The number of benzene rings is 2. The Morgan fingerprint density at radius 3 is 2.29 bits per heavy atom. The van der Waals surface area contributed by atoms with Crippen LogP contribution in [0.1, 0.15) is 12.5 Å². The van der Waals surface area contributed by atoms with E-state index in [-0.39, 0.29) is 5.52 Å². The molecule has 220 valence electrons. The molecule has 0 saturated carbocycles. The van der Waals surface area contributed by atoms with Gasteiger partial charge in [0.1, 0.15) is 5.82 Å². The number of aryl methyl sites for hydroxylation is 1. The summed E-state index contributed by atoms with van der Waals surface area (Å²) in [5.41, 5.74) is -2.45. The fourth-order valence-corrected chi connectivity index (χ4v) is 5.07. The number of pyridine rings is 2. The third-order valence-corrected chi connectivity index (χ3v) is 7.72. The molecule has 0 atom stereocenters. The normalized spacial score (nSPS) is 12.8. The van der Waals surface area contributed by atoms with Gasteiger partial charge in [-0.2, -0.15) is 31.4 Å². The van der Waals surface area contributed by atoms with Crippen LogP contribution in [0.3, 0.4) is 0 Å². The molecule has 5 rings (SSSR count). The summed E-state index contributed by atoms with van der Waals surface area (Å²) in [4.78, 5) is 10.1. The van der Waals surface area contributed by atoms with Crippen molar-refractivity contribution in [2.45, 2.75) is 43.2 Å². The number of alkyl halides is 6. The summed E-state index contributed by atoms with van der Waals surface area (Å²) in [6, 6.07) is 14.3. The van der Waals surface area contributed by atoms with Crippen molar-refractivity contribution in [2.75, 3.05) is 11.9 Å². The van der Waals surface area contributed by atoms with Crippen LogP contribution >= 0.6 is 11.9 Å². The molecule has 3 heterocycles. The summed E-state index contributed by atoms with van der Waals surface area (Å²) in [6.07, 6.45) is -7.47.